The molecule has 2 aromatic carbocycles. The summed E-state index contributed by atoms with van der Waals surface area (Å²) in [4.78, 5) is 23.1. The summed E-state index contributed by atoms with van der Waals surface area (Å²) in [6, 6.07) is 16.4. The Morgan fingerprint density at radius 2 is 1.74 bits per heavy atom. The molecule has 1 aromatic heterocycles. The van der Waals surface area contributed by atoms with Crippen molar-refractivity contribution in [2.24, 2.45) is 0 Å². The standard InChI is InChI=1S/C25H28N4O2/c1-18-9-10-22(15-19(18)2)25-23(11-12-24(31)27-14-13-26-20(3)30)17-29(28-25)16-21-7-5-4-6-8-21/h4-12,15,17H,13-14,16H2,1-3H3,(H,26,30)(H,27,31)/b12-11+. The van der Waals surface area contributed by atoms with Gasteiger partial charge >= 0.3 is 0 Å². The van der Waals surface area contributed by atoms with Crippen LogP contribution in [0.25, 0.3) is 17.3 Å². The molecule has 0 aliphatic rings. The molecule has 0 aliphatic carbocycles. The summed E-state index contributed by atoms with van der Waals surface area (Å²) < 4.78 is 1.90. The maximum Gasteiger partial charge on any atom is 0.244 e. The molecule has 6 heteroatoms. The Morgan fingerprint density at radius 3 is 2.45 bits per heavy atom. The molecule has 0 saturated carbocycles. The van der Waals surface area contributed by atoms with Crippen LogP contribution in [0.1, 0.15) is 29.2 Å². The van der Waals surface area contributed by atoms with E-state index >= 15 is 0 Å². The zero-order valence-corrected chi connectivity index (χ0v) is 18.2. The Kier molecular flexibility index (Phi) is 7.38. The van der Waals surface area contributed by atoms with Gasteiger partial charge in [-0.3, -0.25) is 14.3 Å². The fraction of sp³-hybridized carbons (Fsp3) is 0.240. The van der Waals surface area contributed by atoms with E-state index in [-0.39, 0.29) is 11.8 Å². The number of carbonyl (C=O) groups excluding carboxylic acids is 2. The van der Waals surface area contributed by atoms with Crippen molar-refractivity contribution in [3.63, 3.8) is 0 Å². The number of hydrogen-bond acceptors (Lipinski definition) is 3. The van der Waals surface area contributed by atoms with Crippen molar-refractivity contribution in [3.05, 3.63) is 83.1 Å². The summed E-state index contributed by atoms with van der Waals surface area (Å²) in [5.74, 6) is -0.333. The Bertz CT molecular complexity index is 1080. The molecule has 0 saturated heterocycles. The summed E-state index contributed by atoms with van der Waals surface area (Å²) in [6.45, 7) is 7.04. The fourth-order valence-corrected chi connectivity index (χ4v) is 3.17. The van der Waals surface area contributed by atoms with E-state index in [4.69, 9.17) is 5.10 Å². The zero-order valence-electron chi connectivity index (χ0n) is 18.2. The van der Waals surface area contributed by atoms with Crippen molar-refractivity contribution in [3.8, 4) is 11.3 Å². The van der Waals surface area contributed by atoms with Gasteiger partial charge in [-0.15, -0.1) is 0 Å². The van der Waals surface area contributed by atoms with Crippen LogP contribution < -0.4 is 10.6 Å². The number of aryl methyl sites for hydroxylation is 2. The second kappa shape index (κ2) is 10.4. The zero-order chi connectivity index (χ0) is 22.2. The van der Waals surface area contributed by atoms with Crippen LogP contribution in [0.2, 0.25) is 0 Å². The van der Waals surface area contributed by atoms with E-state index in [0.717, 1.165) is 22.4 Å². The molecule has 0 aliphatic heterocycles. The fourth-order valence-electron chi connectivity index (χ4n) is 3.17. The van der Waals surface area contributed by atoms with Gasteiger partial charge in [0.25, 0.3) is 0 Å². The highest BCUT2D eigenvalue weighted by atomic mass is 16.2. The molecular weight excluding hydrogens is 388 g/mol. The van der Waals surface area contributed by atoms with Crippen molar-refractivity contribution < 1.29 is 9.59 Å². The Balaban J connectivity index is 1.81. The summed E-state index contributed by atoms with van der Waals surface area (Å²) in [5.41, 5.74) is 6.30. The van der Waals surface area contributed by atoms with Gasteiger partial charge in [-0.25, -0.2) is 0 Å². The van der Waals surface area contributed by atoms with Gasteiger partial charge in [0, 0.05) is 43.4 Å². The first-order valence-electron chi connectivity index (χ1n) is 10.3. The normalized spacial score (nSPS) is 10.9. The summed E-state index contributed by atoms with van der Waals surface area (Å²) in [7, 11) is 0. The van der Waals surface area contributed by atoms with E-state index in [2.05, 4.69) is 54.8 Å². The minimum absolute atomic E-state index is 0.117. The number of nitrogens with one attached hydrogen (secondary N) is 2. The summed E-state index contributed by atoms with van der Waals surface area (Å²) in [5, 5.41) is 10.2. The predicted molar refractivity (Wildman–Crippen MR) is 123 cm³/mol. The number of hydrogen-bond donors (Lipinski definition) is 2. The van der Waals surface area contributed by atoms with Crippen molar-refractivity contribution in [2.75, 3.05) is 13.1 Å². The van der Waals surface area contributed by atoms with Gasteiger partial charge in [-0.2, -0.15) is 5.10 Å². The average molecular weight is 417 g/mol. The molecule has 0 spiro atoms. The van der Waals surface area contributed by atoms with E-state index in [9.17, 15) is 9.59 Å². The smallest absolute Gasteiger partial charge is 0.244 e. The van der Waals surface area contributed by atoms with Crippen LogP contribution >= 0.6 is 0 Å². The molecule has 3 aromatic rings. The molecule has 1 heterocycles. The quantitative estimate of drug-likeness (QED) is 0.436. The number of amides is 2. The summed E-state index contributed by atoms with van der Waals surface area (Å²) in [6.07, 6.45) is 5.24. The third-order valence-electron chi connectivity index (χ3n) is 4.97. The first-order valence-corrected chi connectivity index (χ1v) is 10.3. The van der Waals surface area contributed by atoms with E-state index in [1.54, 1.807) is 6.08 Å². The van der Waals surface area contributed by atoms with Gasteiger partial charge in [0.05, 0.1) is 12.2 Å². The number of rotatable bonds is 8. The Hall–Kier alpha value is -3.67. The van der Waals surface area contributed by atoms with Crippen LogP contribution in [0, 0.1) is 13.8 Å². The van der Waals surface area contributed by atoms with Crippen LogP contribution in [-0.4, -0.2) is 34.7 Å². The second-order valence-electron chi connectivity index (χ2n) is 7.52. The van der Waals surface area contributed by atoms with E-state index in [0.29, 0.717) is 19.6 Å². The monoisotopic (exact) mass is 416 g/mol. The van der Waals surface area contributed by atoms with E-state index < -0.39 is 0 Å². The molecule has 0 fully saturated rings. The average Bonchev–Trinajstić information content (AvgIpc) is 3.15. The Morgan fingerprint density at radius 1 is 1.00 bits per heavy atom. The molecule has 0 unspecified atom stereocenters. The Labute approximate surface area is 183 Å². The third-order valence-corrected chi connectivity index (χ3v) is 4.97. The predicted octanol–water partition coefficient (Wildman–Crippen LogP) is 3.48. The van der Waals surface area contributed by atoms with Crippen LogP contribution in [-0.2, 0) is 16.1 Å². The van der Waals surface area contributed by atoms with Crippen molar-refractivity contribution >= 4 is 17.9 Å². The minimum atomic E-state index is -0.216. The van der Waals surface area contributed by atoms with Gasteiger partial charge < -0.3 is 10.6 Å². The first kappa shape index (κ1) is 22.0. The third kappa shape index (κ3) is 6.40. The molecule has 0 bridgehead atoms. The maximum absolute atomic E-state index is 12.2. The lowest BCUT2D eigenvalue weighted by molar-refractivity contribution is -0.119. The topological polar surface area (TPSA) is 76.0 Å². The molecule has 0 radical (unpaired) electrons. The van der Waals surface area contributed by atoms with E-state index in [1.807, 2.05) is 29.1 Å². The lowest BCUT2D eigenvalue weighted by atomic mass is 10.0. The minimum Gasteiger partial charge on any atom is -0.355 e. The molecule has 6 nitrogen and oxygen atoms in total. The van der Waals surface area contributed by atoms with Crippen LogP contribution in [0.3, 0.4) is 0 Å². The molecular formula is C25H28N4O2. The van der Waals surface area contributed by atoms with Gasteiger partial charge in [-0.05, 0) is 42.7 Å². The second-order valence-corrected chi connectivity index (χ2v) is 7.52. The molecule has 2 amide bonds. The molecule has 0 atom stereocenters. The SMILES string of the molecule is CC(=O)NCCNC(=O)/C=C/c1cn(Cc2ccccc2)nc1-c1ccc(C)c(C)c1. The van der Waals surface area contributed by atoms with Crippen LogP contribution in [0.5, 0.6) is 0 Å². The summed E-state index contributed by atoms with van der Waals surface area (Å²) >= 11 is 0. The molecule has 3 rings (SSSR count). The maximum atomic E-state index is 12.2. The lowest BCUT2D eigenvalue weighted by Gasteiger charge is -2.05. The van der Waals surface area contributed by atoms with Crippen molar-refractivity contribution in [1.82, 2.24) is 20.4 Å². The molecule has 31 heavy (non-hydrogen) atoms. The highest BCUT2D eigenvalue weighted by molar-refractivity contribution is 5.92. The largest absolute Gasteiger partial charge is 0.355 e. The number of carbonyl (C=O) groups is 2. The first-order chi connectivity index (χ1) is 14.9. The van der Waals surface area contributed by atoms with Gasteiger partial charge in [-0.1, -0.05) is 42.5 Å². The van der Waals surface area contributed by atoms with Gasteiger partial charge in [0.2, 0.25) is 11.8 Å². The van der Waals surface area contributed by atoms with Gasteiger partial charge in [0.1, 0.15) is 0 Å². The van der Waals surface area contributed by atoms with Crippen LogP contribution in [0.15, 0.2) is 60.8 Å². The van der Waals surface area contributed by atoms with Crippen molar-refractivity contribution in [2.45, 2.75) is 27.3 Å². The molecule has 160 valence electrons. The van der Waals surface area contributed by atoms with Crippen molar-refractivity contribution in [1.29, 1.82) is 0 Å². The number of benzene rings is 2. The lowest BCUT2D eigenvalue weighted by Crippen LogP contribution is -2.32. The van der Waals surface area contributed by atoms with Gasteiger partial charge in [0.15, 0.2) is 0 Å². The van der Waals surface area contributed by atoms with Crippen LogP contribution in [0.4, 0.5) is 0 Å². The number of aromatic nitrogens is 2. The highest BCUT2D eigenvalue weighted by Crippen LogP contribution is 2.25. The highest BCUT2D eigenvalue weighted by Gasteiger charge is 2.11. The van der Waals surface area contributed by atoms with E-state index in [1.165, 1.54) is 24.1 Å². The molecule has 2 N–H and O–H groups in total. The number of nitrogens with zero attached hydrogens (tertiary/aromatic N) is 2.